The number of rotatable bonds is 13. The first-order valence-electron chi connectivity index (χ1n) is 16.5. The van der Waals surface area contributed by atoms with Gasteiger partial charge < -0.3 is 19.4 Å². The maximum Gasteiger partial charge on any atom is 0.121 e. The Balaban J connectivity index is 0.000000240. The summed E-state index contributed by atoms with van der Waals surface area (Å²) >= 11 is 5.87. The van der Waals surface area contributed by atoms with E-state index in [-0.39, 0.29) is 20.8 Å². The Morgan fingerprint density at radius 2 is 1.36 bits per heavy atom. The molecule has 7 aromatic rings. The summed E-state index contributed by atoms with van der Waals surface area (Å²) in [6.45, 7) is 1.21. The average Bonchev–Trinajstić information content (AvgIpc) is 3.91. The Morgan fingerprint density at radius 3 is 1.89 bits per heavy atom. The van der Waals surface area contributed by atoms with Gasteiger partial charge in [0.15, 0.2) is 0 Å². The molecule has 0 unspecified atom stereocenters. The van der Waals surface area contributed by atoms with Crippen molar-refractivity contribution >= 4 is 64.0 Å². The Labute approximate surface area is 327 Å². The van der Waals surface area contributed by atoms with Crippen LogP contribution < -0.4 is 9.47 Å². The third kappa shape index (κ3) is 12.7. The minimum Gasteiger partial charge on any atom is -0.493 e. The van der Waals surface area contributed by atoms with Gasteiger partial charge in [0.25, 0.3) is 0 Å². The number of azide groups is 1. The van der Waals surface area contributed by atoms with Gasteiger partial charge in [-0.3, -0.25) is 8.78 Å². The number of H-pyrrole nitrogens is 2. The van der Waals surface area contributed by atoms with Crippen molar-refractivity contribution in [2.45, 2.75) is 39.7 Å². The number of hydrogen-bond donors (Lipinski definition) is 2. The van der Waals surface area contributed by atoms with E-state index in [2.05, 4.69) is 79.3 Å². The van der Waals surface area contributed by atoms with Crippen LogP contribution in [0.15, 0.2) is 96.2 Å². The number of benzene rings is 4. The molecular formula is C39H42CuF2IN8O2. The summed E-state index contributed by atoms with van der Waals surface area (Å²) in [5, 5.41) is 16.3. The summed E-state index contributed by atoms with van der Waals surface area (Å²) < 4.78 is 36.4. The van der Waals surface area contributed by atoms with Crippen LogP contribution in [-0.2, 0) is 25.7 Å². The topological polar surface area (TPSA) is 130 Å². The van der Waals surface area contributed by atoms with Crippen molar-refractivity contribution in [3.63, 3.8) is 0 Å². The van der Waals surface area contributed by atoms with Gasteiger partial charge in [0.1, 0.15) is 18.1 Å². The third-order valence-corrected chi connectivity index (χ3v) is 7.67. The summed E-state index contributed by atoms with van der Waals surface area (Å²) in [6.07, 6.45) is 8.83. The zero-order chi connectivity index (χ0) is 37.0. The molecule has 14 heteroatoms. The molecule has 2 N–H and O–H groups in total. The van der Waals surface area contributed by atoms with Gasteiger partial charge in [-0.25, -0.2) is 4.68 Å². The molecule has 0 saturated carbocycles. The number of aryl methyl sites for hydroxylation is 1. The van der Waals surface area contributed by atoms with Crippen LogP contribution in [0.3, 0.4) is 0 Å². The molecule has 0 aliphatic heterocycles. The predicted molar refractivity (Wildman–Crippen MR) is 216 cm³/mol. The summed E-state index contributed by atoms with van der Waals surface area (Å²) in [4.78, 5) is 9.45. The molecule has 0 atom stereocenters. The van der Waals surface area contributed by atoms with Crippen molar-refractivity contribution < 1.29 is 31.0 Å². The SMILES string of the molecule is C.C#CCCCF.FCCCc1cn(CCOc2ccc3c(c2)[nH]c2ccccc23)nn1.[Cu][I].[N-]=[N+]=NCCOc1ccc2c(c1)[nH]c1ccccc12. The number of terminal acetylenes is 1. The van der Waals surface area contributed by atoms with Crippen LogP contribution in [0.2, 0.25) is 0 Å². The fraction of sp³-hybridized carbons (Fsp3) is 0.282. The van der Waals surface area contributed by atoms with Crippen molar-refractivity contribution in [3.05, 3.63) is 107 Å². The van der Waals surface area contributed by atoms with Crippen LogP contribution in [0, 0.1) is 12.3 Å². The molecule has 4 aromatic carbocycles. The van der Waals surface area contributed by atoms with E-state index in [1.165, 1.54) is 21.5 Å². The number of alkyl halides is 2. The van der Waals surface area contributed by atoms with Crippen LogP contribution in [0.1, 0.15) is 32.4 Å². The van der Waals surface area contributed by atoms with E-state index < -0.39 is 0 Å². The fourth-order valence-corrected chi connectivity index (χ4v) is 5.33. The van der Waals surface area contributed by atoms with Crippen molar-refractivity contribution in [3.8, 4) is 23.8 Å². The first-order valence-corrected chi connectivity index (χ1v) is 19.5. The number of para-hydroxylation sites is 2. The fourth-order valence-electron chi connectivity index (χ4n) is 5.33. The normalized spacial score (nSPS) is 10.1. The molecule has 0 spiro atoms. The van der Waals surface area contributed by atoms with E-state index in [9.17, 15) is 8.78 Å². The Bertz CT molecular complexity index is 2230. The van der Waals surface area contributed by atoms with E-state index in [4.69, 9.17) is 21.4 Å². The van der Waals surface area contributed by atoms with Gasteiger partial charge in [-0.2, -0.15) is 0 Å². The van der Waals surface area contributed by atoms with Crippen molar-refractivity contribution in [1.82, 2.24) is 25.0 Å². The number of fused-ring (bicyclic) bond motifs is 6. The smallest absolute Gasteiger partial charge is 0.121 e. The van der Waals surface area contributed by atoms with E-state index in [1.807, 2.05) is 60.8 Å². The van der Waals surface area contributed by atoms with Crippen LogP contribution in [0.4, 0.5) is 8.78 Å². The van der Waals surface area contributed by atoms with Gasteiger partial charge in [0.05, 0.1) is 49.8 Å². The number of unbranched alkanes of at least 4 members (excludes halogenated alkanes) is 1. The molecule has 10 nitrogen and oxygen atoms in total. The van der Waals surface area contributed by atoms with Gasteiger partial charge in [0, 0.05) is 62.2 Å². The second-order valence-corrected chi connectivity index (χ2v) is 11.2. The summed E-state index contributed by atoms with van der Waals surface area (Å²) in [6, 6.07) is 28.4. The monoisotopic (exact) mass is 882 g/mol. The molecule has 0 amide bonds. The summed E-state index contributed by atoms with van der Waals surface area (Å²) in [7, 11) is 0. The molecular weight excluding hydrogens is 841 g/mol. The van der Waals surface area contributed by atoms with Crippen LogP contribution in [-0.4, -0.2) is 58.1 Å². The molecule has 0 fully saturated rings. The molecule has 7 rings (SSSR count). The van der Waals surface area contributed by atoms with E-state index in [0.717, 1.165) is 39.3 Å². The number of nitrogens with zero attached hydrogens (tertiary/aromatic N) is 6. The number of aromatic amines is 2. The quantitative estimate of drug-likeness (QED) is 0.0227. The maximum absolute atomic E-state index is 12.2. The van der Waals surface area contributed by atoms with Gasteiger partial charge in [0.2, 0.25) is 0 Å². The maximum atomic E-state index is 12.2. The van der Waals surface area contributed by atoms with E-state index >= 15 is 0 Å². The van der Waals surface area contributed by atoms with Crippen molar-refractivity contribution in [2.24, 2.45) is 5.11 Å². The van der Waals surface area contributed by atoms with Crippen molar-refractivity contribution in [2.75, 3.05) is 33.1 Å². The Kier molecular flexibility index (Phi) is 19.1. The van der Waals surface area contributed by atoms with Crippen LogP contribution in [0.25, 0.3) is 54.1 Å². The predicted octanol–water partition coefficient (Wildman–Crippen LogP) is 10.8. The molecule has 3 heterocycles. The number of ether oxygens (including phenoxy) is 2. The van der Waals surface area contributed by atoms with Crippen LogP contribution >= 0.6 is 20.3 Å². The first-order chi connectivity index (χ1) is 25.6. The molecule has 3 aromatic heterocycles. The number of nitrogens with one attached hydrogen (secondary N) is 2. The largest absolute Gasteiger partial charge is 0.493 e. The Hall–Kier alpha value is -4.80. The second-order valence-electron chi connectivity index (χ2n) is 11.2. The summed E-state index contributed by atoms with van der Waals surface area (Å²) in [5.74, 6) is 3.92. The first kappa shape index (κ1) is 42.6. The molecule has 0 saturated heterocycles. The number of aromatic nitrogens is 5. The average molecular weight is 883 g/mol. The molecule has 0 radical (unpaired) electrons. The standard InChI is InChI=1S/C19H19FN4O.C14H12N4O.C5H7F.CH4.Cu.HI/c20-9-3-4-14-13-24(23-22-14)10-11-25-15-7-8-17-16-5-1-2-6-18(16)21-19(17)12-15;15-18-16-7-8-19-10-5-6-12-11-3-1-2-4-13(11)17-14(12)9-10;1-2-3-4-5-6;;;/h1-2,5-8,12-13,21H,3-4,9-11H2;1-6,9,17H,7-8H2;1H,3-5H2;1H4;;1H/q;;;;+1;/p-1. The second kappa shape index (κ2) is 23.7. The molecule has 282 valence electrons. The third-order valence-electron chi connectivity index (χ3n) is 7.67. The minimum absolute atomic E-state index is 0. The van der Waals surface area contributed by atoms with Gasteiger partial charge in [-0.05, 0) is 61.2 Å². The van der Waals surface area contributed by atoms with Gasteiger partial charge in [-0.15, -0.1) is 17.4 Å². The zero-order valence-corrected chi connectivity index (χ0v) is 31.3. The van der Waals surface area contributed by atoms with Gasteiger partial charge in [-0.1, -0.05) is 54.2 Å². The van der Waals surface area contributed by atoms with E-state index in [0.29, 0.717) is 52.0 Å². The zero-order valence-electron chi connectivity index (χ0n) is 28.2. The van der Waals surface area contributed by atoms with Gasteiger partial charge >= 0.3 is 33.1 Å². The molecule has 53 heavy (non-hydrogen) atoms. The number of hydrogen-bond acceptors (Lipinski definition) is 5. The molecule has 0 aliphatic rings. The molecule has 0 bridgehead atoms. The van der Waals surface area contributed by atoms with E-state index in [1.54, 1.807) is 25.0 Å². The minimum atomic E-state index is -0.327. The summed E-state index contributed by atoms with van der Waals surface area (Å²) in [5.41, 5.74) is 13.3. The molecule has 0 aliphatic carbocycles. The van der Waals surface area contributed by atoms with Crippen LogP contribution in [0.5, 0.6) is 11.5 Å². The Morgan fingerprint density at radius 1 is 0.811 bits per heavy atom. The number of halogens is 3. The van der Waals surface area contributed by atoms with Crippen molar-refractivity contribution in [1.29, 1.82) is 0 Å².